The second kappa shape index (κ2) is 4.52. The van der Waals surface area contributed by atoms with Gasteiger partial charge in [0.1, 0.15) is 17.7 Å². The molecule has 0 amide bonds. The Labute approximate surface area is 117 Å². The van der Waals surface area contributed by atoms with E-state index in [9.17, 15) is 8.42 Å². The van der Waals surface area contributed by atoms with Crippen LogP contribution in [0.1, 0.15) is 0 Å². The van der Waals surface area contributed by atoms with Crippen LogP contribution in [0.25, 0.3) is 11.1 Å². The van der Waals surface area contributed by atoms with Gasteiger partial charge in [-0.2, -0.15) is 5.10 Å². The van der Waals surface area contributed by atoms with E-state index in [0.717, 1.165) is 11.1 Å². The van der Waals surface area contributed by atoms with Gasteiger partial charge < -0.3 is 10.5 Å². The quantitative estimate of drug-likeness (QED) is 0.906. The SMILES string of the molecule is Cn1ncc(-c2ccc(OC3CS(=O)(=O)C3)cc2)c1N. The zero-order valence-corrected chi connectivity index (χ0v) is 11.8. The number of benzene rings is 1. The van der Waals surface area contributed by atoms with Crippen LogP contribution in [0.5, 0.6) is 5.75 Å². The third-order valence-electron chi connectivity index (χ3n) is 3.33. The molecule has 1 aromatic heterocycles. The second-order valence-corrected chi connectivity index (χ2v) is 7.06. The minimum atomic E-state index is -2.86. The van der Waals surface area contributed by atoms with E-state index >= 15 is 0 Å². The van der Waals surface area contributed by atoms with Crippen molar-refractivity contribution in [3.63, 3.8) is 0 Å². The van der Waals surface area contributed by atoms with Crippen LogP contribution < -0.4 is 10.5 Å². The van der Waals surface area contributed by atoms with Crippen LogP contribution in [-0.4, -0.2) is 35.8 Å². The van der Waals surface area contributed by atoms with Crippen LogP contribution in [0, 0.1) is 0 Å². The molecule has 106 valence electrons. The van der Waals surface area contributed by atoms with Crippen molar-refractivity contribution in [2.45, 2.75) is 6.10 Å². The molecule has 2 heterocycles. The number of sulfone groups is 1. The van der Waals surface area contributed by atoms with Crippen molar-refractivity contribution in [1.29, 1.82) is 0 Å². The molecule has 2 N–H and O–H groups in total. The second-order valence-electron chi connectivity index (χ2n) is 4.91. The Morgan fingerprint density at radius 2 is 1.95 bits per heavy atom. The highest BCUT2D eigenvalue weighted by Crippen LogP contribution is 2.28. The summed E-state index contributed by atoms with van der Waals surface area (Å²) in [7, 11) is -1.07. The molecule has 1 fully saturated rings. The number of nitrogens with zero attached hydrogens (tertiary/aromatic N) is 2. The lowest BCUT2D eigenvalue weighted by molar-refractivity contribution is 0.230. The molecule has 3 rings (SSSR count). The van der Waals surface area contributed by atoms with Gasteiger partial charge in [-0.1, -0.05) is 12.1 Å². The van der Waals surface area contributed by atoms with Gasteiger partial charge in [0.05, 0.1) is 17.7 Å². The number of rotatable bonds is 3. The molecule has 1 aliphatic heterocycles. The van der Waals surface area contributed by atoms with E-state index in [1.54, 1.807) is 17.9 Å². The highest BCUT2D eigenvalue weighted by Gasteiger charge is 2.35. The number of hydrogen-bond donors (Lipinski definition) is 1. The Balaban J connectivity index is 1.73. The standard InChI is InChI=1S/C13H15N3O3S/c1-16-13(14)12(6-15-16)9-2-4-10(5-3-9)19-11-7-20(17,18)8-11/h2-6,11H,7-8,14H2,1H3. The third kappa shape index (κ3) is 2.36. The van der Waals surface area contributed by atoms with Gasteiger partial charge >= 0.3 is 0 Å². The summed E-state index contributed by atoms with van der Waals surface area (Å²) in [6.07, 6.45) is 1.48. The molecule has 0 spiro atoms. The molecule has 1 aliphatic rings. The van der Waals surface area contributed by atoms with E-state index < -0.39 is 9.84 Å². The summed E-state index contributed by atoms with van der Waals surface area (Å²) >= 11 is 0. The summed E-state index contributed by atoms with van der Waals surface area (Å²) in [5.74, 6) is 1.47. The predicted octanol–water partition coefficient (Wildman–Crippen LogP) is 0.845. The first-order valence-corrected chi connectivity index (χ1v) is 8.02. The van der Waals surface area contributed by atoms with Gasteiger partial charge in [-0.05, 0) is 17.7 Å². The van der Waals surface area contributed by atoms with Crippen LogP contribution in [0.3, 0.4) is 0 Å². The minimum absolute atomic E-state index is 0.101. The summed E-state index contributed by atoms with van der Waals surface area (Å²) in [6, 6.07) is 7.39. The summed E-state index contributed by atoms with van der Waals surface area (Å²) in [5.41, 5.74) is 7.73. The van der Waals surface area contributed by atoms with E-state index in [0.29, 0.717) is 11.6 Å². The molecule has 0 atom stereocenters. The number of nitrogen functional groups attached to an aromatic ring is 1. The monoisotopic (exact) mass is 293 g/mol. The molecule has 0 aliphatic carbocycles. The Morgan fingerprint density at radius 1 is 1.30 bits per heavy atom. The molecule has 6 nitrogen and oxygen atoms in total. The number of aryl methyl sites for hydroxylation is 1. The summed E-state index contributed by atoms with van der Waals surface area (Å²) < 4.78 is 29.3. The van der Waals surface area contributed by atoms with Gasteiger partial charge in [0, 0.05) is 12.6 Å². The number of anilines is 1. The highest BCUT2D eigenvalue weighted by molar-refractivity contribution is 7.92. The first-order chi connectivity index (χ1) is 9.44. The van der Waals surface area contributed by atoms with Crippen molar-refractivity contribution >= 4 is 15.7 Å². The zero-order chi connectivity index (χ0) is 14.3. The topological polar surface area (TPSA) is 87.2 Å². The maximum absolute atomic E-state index is 11.1. The fraction of sp³-hybridized carbons (Fsp3) is 0.308. The molecule has 0 radical (unpaired) electrons. The maximum Gasteiger partial charge on any atom is 0.157 e. The molecule has 1 aromatic carbocycles. The van der Waals surface area contributed by atoms with Crippen molar-refractivity contribution in [3.8, 4) is 16.9 Å². The molecule has 20 heavy (non-hydrogen) atoms. The largest absolute Gasteiger partial charge is 0.488 e. The summed E-state index contributed by atoms with van der Waals surface area (Å²) in [6.45, 7) is 0. The Bertz CT molecular complexity index is 723. The summed E-state index contributed by atoms with van der Waals surface area (Å²) in [4.78, 5) is 0. The molecule has 0 saturated carbocycles. The first-order valence-electron chi connectivity index (χ1n) is 6.19. The van der Waals surface area contributed by atoms with Crippen LogP contribution in [0.2, 0.25) is 0 Å². The average molecular weight is 293 g/mol. The fourth-order valence-electron chi connectivity index (χ4n) is 2.16. The maximum atomic E-state index is 11.1. The number of ether oxygens (including phenoxy) is 1. The van der Waals surface area contributed by atoms with Crippen LogP contribution in [-0.2, 0) is 16.9 Å². The van der Waals surface area contributed by atoms with Crippen molar-refractivity contribution in [2.24, 2.45) is 7.05 Å². The van der Waals surface area contributed by atoms with E-state index in [2.05, 4.69) is 5.10 Å². The van der Waals surface area contributed by atoms with E-state index in [-0.39, 0.29) is 17.6 Å². The molecule has 0 unspecified atom stereocenters. The van der Waals surface area contributed by atoms with Crippen LogP contribution in [0.4, 0.5) is 5.82 Å². The van der Waals surface area contributed by atoms with Crippen molar-refractivity contribution < 1.29 is 13.2 Å². The third-order valence-corrected chi connectivity index (χ3v) is 5.09. The number of nitrogens with two attached hydrogens (primary N) is 1. The molecule has 2 aromatic rings. The normalized spacial score (nSPS) is 17.6. The highest BCUT2D eigenvalue weighted by atomic mass is 32.2. The van der Waals surface area contributed by atoms with Crippen LogP contribution >= 0.6 is 0 Å². The molecular weight excluding hydrogens is 278 g/mol. The Hall–Kier alpha value is -2.02. The van der Waals surface area contributed by atoms with Gasteiger partial charge in [-0.15, -0.1) is 0 Å². The Kier molecular flexibility index (Phi) is 2.93. The molecule has 7 heteroatoms. The molecule has 0 bridgehead atoms. The van der Waals surface area contributed by atoms with Gasteiger partial charge in [-0.25, -0.2) is 8.42 Å². The average Bonchev–Trinajstić information content (AvgIpc) is 2.69. The van der Waals surface area contributed by atoms with E-state index in [4.69, 9.17) is 10.5 Å². The smallest absolute Gasteiger partial charge is 0.157 e. The number of aromatic nitrogens is 2. The van der Waals surface area contributed by atoms with Crippen molar-refractivity contribution in [1.82, 2.24) is 9.78 Å². The lowest BCUT2D eigenvalue weighted by Gasteiger charge is -2.26. The lowest BCUT2D eigenvalue weighted by atomic mass is 10.1. The van der Waals surface area contributed by atoms with E-state index in [1.165, 1.54) is 0 Å². The van der Waals surface area contributed by atoms with Gasteiger partial charge in [0.25, 0.3) is 0 Å². The van der Waals surface area contributed by atoms with Crippen molar-refractivity contribution in [2.75, 3.05) is 17.2 Å². The zero-order valence-electron chi connectivity index (χ0n) is 11.0. The first kappa shape index (κ1) is 13.0. The predicted molar refractivity (Wildman–Crippen MR) is 76.1 cm³/mol. The molecule has 1 saturated heterocycles. The van der Waals surface area contributed by atoms with Crippen molar-refractivity contribution in [3.05, 3.63) is 30.5 Å². The lowest BCUT2D eigenvalue weighted by Crippen LogP contribution is -2.45. The molecular formula is C13H15N3O3S. The van der Waals surface area contributed by atoms with Gasteiger partial charge in [0.15, 0.2) is 9.84 Å². The van der Waals surface area contributed by atoms with Gasteiger partial charge in [0.2, 0.25) is 0 Å². The summed E-state index contributed by atoms with van der Waals surface area (Å²) in [5, 5.41) is 4.10. The van der Waals surface area contributed by atoms with E-state index in [1.807, 2.05) is 24.3 Å². The number of hydrogen-bond acceptors (Lipinski definition) is 5. The minimum Gasteiger partial charge on any atom is -0.488 e. The fourth-order valence-corrected chi connectivity index (χ4v) is 3.33. The Morgan fingerprint density at radius 3 is 2.45 bits per heavy atom. The van der Waals surface area contributed by atoms with Crippen LogP contribution in [0.15, 0.2) is 30.5 Å². The van der Waals surface area contributed by atoms with Gasteiger partial charge in [-0.3, -0.25) is 4.68 Å².